The summed E-state index contributed by atoms with van der Waals surface area (Å²) in [6.07, 6.45) is 0.298. The van der Waals surface area contributed by atoms with Gasteiger partial charge >= 0.3 is 6.09 Å². The van der Waals surface area contributed by atoms with Gasteiger partial charge < -0.3 is 19.5 Å². The monoisotopic (exact) mass is 245 g/mol. The molecule has 100 valence electrons. The van der Waals surface area contributed by atoms with Gasteiger partial charge in [0.1, 0.15) is 5.60 Å². The Hall–Kier alpha value is -0.810. The van der Waals surface area contributed by atoms with E-state index in [-0.39, 0.29) is 24.8 Å². The number of amides is 1. The van der Waals surface area contributed by atoms with Crippen molar-refractivity contribution in [2.24, 2.45) is 0 Å². The fourth-order valence-electron chi connectivity index (χ4n) is 1.95. The molecule has 0 aromatic rings. The Bertz CT molecular complexity index is 262. The summed E-state index contributed by atoms with van der Waals surface area (Å²) in [5.41, 5.74) is -0.513. The summed E-state index contributed by atoms with van der Waals surface area (Å²) in [7, 11) is 0. The molecule has 1 heterocycles. The van der Waals surface area contributed by atoms with Crippen LogP contribution in [0.4, 0.5) is 4.79 Å². The number of hydrogen-bond acceptors (Lipinski definition) is 4. The van der Waals surface area contributed by atoms with E-state index in [0.717, 1.165) is 0 Å². The van der Waals surface area contributed by atoms with Gasteiger partial charge in [0.15, 0.2) is 0 Å². The number of hydrogen-bond donors (Lipinski definition) is 1. The molecule has 1 N–H and O–H groups in total. The Balaban J connectivity index is 2.59. The highest BCUT2D eigenvalue weighted by atomic mass is 16.6. The van der Waals surface area contributed by atoms with E-state index in [2.05, 4.69) is 0 Å². The van der Waals surface area contributed by atoms with E-state index in [9.17, 15) is 9.90 Å². The molecule has 2 unspecified atom stereocenters. The topological polar surface area (TPSA) is 59.0 Å². The molecule has 0 spiro atoms. The molecule has 0 radical (unpaired) electrons. The quantitative estimate of drug-likeness (QED) is 0.816. The van der Waals surface area contributed by atoms with E-state index in [4.69, 9.17) is 9.47 Å². The predicted octanol–water partition coefficient (Wildman–Crippen LogP) is 1.39. The fraction of sp³-hybridized carbons (Fsp3) is 0.917. The van der Waals surface area contributed by atoms with Crippen molar-refractivity contribution < 1.29 is 19.4 Å². The second-order valence-corrected chi connectivity index (χ2v) is 5.28. The molecule has 0 aromatic heterocycles. The summed E-state index contributed by atoms with van der Waals surface area (Å²) < 4.78 is 10.8. The summed E-state index contributed by atoms with van der Waals surface area (Å²) in [6, 6.07) is -0.193. The van der Waals surface area contributed by atoms with Crippen LogP contribution in [0.1, 0.15) is 34.1 Å². The van der Waals surface area contributed by atoms with Gasteiger partial charge in [-0.05, 0) is 34.1 Å². The minimum absolute atomic E-state index is 0.00432. The Kier molecular flexibility index (Phi) is 4.77. The second kappa shape index (κ2) is 5.69. The van der Waals surface area contributed by atoms with Crippen LogP contribution in [0.3, 0.4) is 0 Å². The van der Waals surface area contributed by atoms with Gasteiger partial charge in [0, 0.05) is 6.61 Å². The first-order valence-electron chi connectivity index (χ1n) is 6.09. The van der Waals surface area contributed by atoms with Crippen LogP contribution in [0.15, 0.2) is 0 Å². The number of aliphatic hydroxyl groups excluding tert-OH is 1. The van der Waals surface area contributed by atoms with E-state index in [0.29, 0.717) is 19.6 Å². The van der Waals surface area contributed by atoms with Crippen LogP contribution in [-0.4, -0.2) is 53.6 Å². The minimum Gasteiger partial charge on any atom is -0.444 e. The van der Waals surface area contributed by atoms with E-state index in [1.165, 1.54) is 0 Å². The summed E-state index contributed by atoms with van der Waals surface area (Å²) in [6.45, 7) is 8.46. The molecular formula is C12H23NO4. The summed E-state index contributed by atoms with van der Waals surface area (Å²) in [5.74, 6) is 0. The number of likely N-dealkylation sites (tertiary alicyclic amines) is 1. The molecular weight excluding hydrogens is 222 g/mol. The molecule has 5 nitrogen and oxygen atoms in total. The largest absolute Gasteiger partial charge is 0.444 e. The maximum absolute atomic E-state index is 11.9. The summed E-state index contributed by atoms with van der Waals surface area (Å²) >= 11 is 0. The van der Waals surface area contributed by atoms with Crippen LogP contribution >= 0.6 is 0 Å². The second-order valence-electron chi connectivity index (χ2n) is 5.28. The van der Waals surface area contributed by atoms with Crippen molar-refractivity contribution in [2.45, 2.75) is 51.9 Å². The number of ether oxygens (including phenoxy) is 2. The lowest BCUT2D eigenvalue weighted by molar-refractivity contribution is 0.0140. The van der Waals surface area contributed by atoms with E-state index in [1.54, 1.807) is 4.90 Å². The number of rotatable bonds is 3. The molecule has 1 aliphatic heterocycles. The molecule has 2 atom stereocenters. The smallest absolute Gasteiger partial charge is 0.410 e. The third-order valence-corrected chi connectivity index (χ3v) is 2.62. The summed E-state index contributed by atoms with van der Waals surface area (Å²) in [4.78, 5) is 13.5. The van der Waals surface area contributed by atoms with Gasteiger partial charge in [-0.3, -0.25) is 0 Å². The number of nitrogens with zero attached hydrogens (tertiary/aromatic N) is 1. The Morgan fingerprint density at radius 2 is 2.12 bits per heavy atom. The normalized spacial score (nSPS) is 25.1. The van der Waals surface area contributed by atoms with Crippen molar-refractivity contribution in [3.63, 3.8) is 0 Å². The van der Waals surface area contributed by atoms with Crippen LogP contribution in [0.25, 0.3) is 0 Å². The first kappa shape index (κ1) is 14.3. The zero-order valence-corrected chi connectivity index (χ0v) is 11.1. The standard InChI is InChI=1S/C12H23NO4/c1-5-16-10-6-9(8-14)13(7-10)11(15)17-12(2,3)4/h9-10,14H,5-8H2,1-4H3. The first-order valence-corrected chi connectivity index (χ1v) is 6.09. The van der Waals surface area contributed by atoms with Crippen molar-refractivity contribution in [1.29, 1.82) is 0 Å². The minimum atomic E-state index is -0.513. The molecule has 0 bridgehead atoms. The third kappa shape index (κ3) is 4.16. The molecule has 1 rings (SSSR count). The van der Waals surface area contributed by atoms with Gasteiger partial charge in [-0.1, -0.05) is 0 Å². The molecule has 0 aliphatic carbocycles. The van der Waals surface area contributed by atoms with Gasteiger partial charge in [-0.15, -0.1) is 0 Å². The molecule has 1 amide bonds. The molecule has 0 aromatic carbocycles. The zero-order valence-electron chi connectivity index (χ0n) is 11.1. The van der Waals surface area contributed by atoms with Gasteiger partial charge in [-0.25, -0.2) is 4.79 Å². The van der Waals surface area contributed by atoms with Gasteiger partial charge in [0.2, 0.25) is 0 Å². The number of aliphatic hydroxyl groups is 1. The van der Waals surface area contributed by atoms with Crippen LogP contribution in [0.2, 0.25) is 0 Å². The van der Waals surface area contributed by atoms with E-state index >= 15 is 0 Å². The van der Waals surface area contributed by atoms with Crippen LogP contribution in [0.5, 0.6) is 0 Å². The lowest BCUT2D eigenvalue weighted by Crippen LogP contribution is -2.41. The van der Waals surface area contributed by atoms with E-state index in [1.807, 2.05) is 27.7 Å². The van der Waals surface area contributed by atoms with Crippen molar-refractivity contribution >= 4 is 6.09 Å². The maximum Gasteiger partial charge on any atom is 0.410 e. The highest BCUT2D eigenvalue weighted by molar-refractivity contribution is 5.69. The first-order chi connectivity index (χ1) is 7.87. The van der Waals surface area contributed by atoms with E-state index < -0.39 is 5.60 Å². The molecule has 1 fully saturated rings. The van der Waals surface area contributed by atoms with Crippen molar-refractivity contribution in [3.05, 3.63) is 0 Å². The average Bonchev–Trinajstić information content (AvgIpc) is 2.59. The lowest BCUT2D eigenvalue weighted by Gasteiger charge is -2.27. The Labute approximate surface area is 103 Å². The van der Waals surface area contributed by atoms with Crippen LogP contribution in [-0.2, 0) is 9.47 Å². The number of carbonyl (C=O) groups excluding carboxylic acids is 1. The molecule has 1 saturated heterocycles. The molecule has 17 heavy (non-hydrogen) atoms. The maximum atomic E-state index is 11.9. The average molecular weight is 245 g/mol. The molecule has 0 saturated carbocycles. The third-order valence-electron chi connectivity index (χ3n) is 2.62. The van der Waals surface area contributed by atoms with Crippen molar-refractivity contribution in [1.82, 2.24) is 4.90 Å². The zero-order chi connectivity index (χ0) is 13.1. The lowest BCUT2D eigenvalue weighted by atomic mass is 10.2. The van der Waals surface area contributed by atoms with Crippen molar-refractivity contribution in [3.8, 4) is 0 Å². The van der Waals surface area contributed by atoms with Gasteiger partial charge in [0.05, 0.1) is 25.3 Å². The predicted molar refractivity (Wildman–Crippen MR) is 63.8 cm³/mol. The fourth-order valence-corrected chi connectivity index (χ4v) is 1.95. The van der Waals surface area contributed by atoms with Gasteiger partial charge in [0.25, 0.3) is 0 Å². The van der Waals surface area contributed by atoms with Crippen LogP contribution < -0.4 is 0 Å². The highest BCUT2D eigenvalue weighted by Crippen LogP contribution is 2.22. The van der Waals surface area contributed by atoms with Crippen molar-refractivity contribution in [2.75, 3.05) is 19.8 Å². The number of carbonyl (C=O) groups is 1. The highest BCUT2D eigenvalue weighted by Gasteiger charge is 2.37. The SMILES string of the molecule is CCOC1CC(CO)N(C(=O)OC(C)(C)C)C1. The Morgan fingerprint density at radius 1 is 1.47 bits per heavy atom. The van der Waals surface area contributed by atoms with Gasteiger partial charge in [-0.2, -0.15) is 0 Å². The summed E-state index contributed by atoms with van der Waals surface area (Å²) in [5, 5.41) is 9.26. The molecule has 1 aliphatic rings. The van der Waals surface area contributed by atoms with Crippen LogP contribution in [0, 0.1) is 0 Å². The molecule has 5 heteroatoms. The Morgan fingerprint density at radius 3 is 2.59 bits per heavy atom.